The molecule has 0 saturated heterocycles. The Morgan fingerprint density at radius 2 is 1.94 bits per heavy atom. The second kappa shape index (κ2) is 6.36. The predicted molar refractivity (Wildman–Crippen MR) is 68.5 cm³/mol. The summed E-state index contributed by atoms with van der Waals surface area (Å²) in [4.78, 5) is 11.7. The third kappa shape index (κ3) is 5.04. The standard InChI is InChI=1S/C13H26N2O2/c1-10(2)8-11(14)12(16)15-9-13(17)6-4-3-5-7-13/h10-11,17H,3-9,14H2,1-2H3,(H,15,16)/t11-/m1/s1. The number of hydrogen-bond acceptors (Lipinski definition) is 3. The molecule has 1 aliphatic rings. The summed E-state index contributed by atoms with van der Waals surface area (Å²) < 4.78 is 0. The summed E-state index contributed by atoms with van der Waals surface area (Å²) in [5.74, 6) is 0.270. The maximum Gasteiger partial charge on any atom is 0.237 e. The van der Waals surface area contributed by atoms with Crippen LogP contribution in [0, 0.1) is 5.92 Å². The summed E-state index contributed by atoms with van der Waals surface area (Å²) in [6, 6.07) is -0.456. The molecular formula is C13H26N2O2. The van der Waals surface area contributed by atoms with E-state index in [4.69, 9.17) is 5.73 Å². The number of hydrogen-bond donors (Lipinski definition) is 3. The van der Waals surface area contributed by atoms with Gasteiger partial charge in [-0.3, -0.25) is 4.79 Å². The molecule has 4 heteroatoms. The van der Waals surface area contributed by atoms with E-state index in [9.17, 15) is 9.90 Å². The van der Waals surface area contributed by atoms with Gasteiger partial charge < -0.3 is 16.2 Å². The second-order valence-electron chi connectivity index (χ2n) is 5.74. The lowest BCUT2D eigenvalue weighted by Gasteiger charge is -2.32. The molecule has 1 rings (SSSR count). The quantitative estimate of drug-likeness (QED) is 0.677. The zero-order valence-electron chi connectivity index (χ0n) is 11.0. The van der Waals surface area contributed by atoms with Gasteiger partial charge in [0.2, 0.25) is 5.91 Å². The number of nitrogens with two attached hydrogens (primary N) is 1. The summed E-state index contributed by atoms with van der Waals surface area (Å²) in [7, 11) is 0. The molecule has 0 aliphatic heterocycles. The minimum absolute atomic E-state index is 0.141. The number of carbonyl (C=O) groups is 1. The molecule has 0 aromatic carbocycles. The van der Waals surface area contributed by atoms with Crippen LogP contribution in [0.3, 0.4) is 0 Å². The zero-order valence-corrected chi connectivity index (χ0v) is 11.0. The monoisotopic (exact) mass is 242 g/mol. The lowest BCUT2D eigenvalue weighted by molar-refractivity contribution is -0.124. The molecule has 0 spiro atoms. The largest absolute Gasteiger partial charge is 0.388 e. The van der Waals surface area contributed by atoms with Crippen molar-refractivity contribution in [3.05, 3.63) is 0 Å². The Labute approximate surface area is 104 Å². The smallest absolute Gasteiger partial charge is 0.237 e. The molecule has 0 heterocycles. The van der Waals surface area contributed by atoms with E-state index in [-0.39, 0.29) is 5.91 Å². The van der Waals surface area contributed by atoms with E-state index in [1.165, 1.54) is 6.42 Å². The van der Waals surface area contributed by atoms with Crippen LogP contribution in [0.2, 0.25) is 0 Å². The fourth-order valence-electron chi connectivity index (χ4n) is 2.38. The number of aliphatic hydroxyl groups is 1. The van der Waals surface area contributed by atoms with Crippen LogP contribution in [0.4, 0.5) is 0 Å². The van der Waals surface area contributed by atoms with Gasteiger partial charge in [-0.2, -0.15) is 0 Å². The molecule has 0 radical (unpaired) electrons. The molecule has 1 amide bonds. The van der Waals surface area contributed by atoms with Crippen molar-refractivity contribution in [2.45, 2.75) is 64.0 Å². The number of carbonyl (C=O) groups excluding carboxylic acids is 1. The third-order valence-corrected chi connectivity index (χ3v) is 3.44. The molecular weight excluding hydrogens is 216 g/mol. The predicted octanol–water partition coefficient (Wildman–Crippen LogP) is 1.17. The van der Waals surface area contributed by atoms with Gasteiger partial charge >= 0.3 is 0 Å². The van der Waals surface area contributed by atoms with Gasteiger partial charge in [0, 0.05) is 6.54 Å². The first kappa shape index (κ1) is 14.5. The van der Waals surface area contributed by atoms with Crippen LogP contribution in [-0.4, -0.2) is 29.2 Å². The molecule has 1 aliphatic carbocycles. The van der Waals surface area contributed by atoms with E-state index in [1.54, 1.807) is 0 Å². The first-order chi connectivity index (χ1) is 7.93. The second-order valence-corrected chi connectivity index (χ2v) is 5.74. The van der Waals surface area contributed by atoms with E-state index in [2.05, 4.69) is 5.32 Å². The molecule has 1 saturated carbocycles. The minimum atomic E-state index is -0.703. The molecule has 0 unspecified atom stereocenters. The lowest BCUT2D eigenvalue weighted by Crippen LogP contribution is -2.49. The Morgan fingerprint density at radius 1 is 1.35 bits per heavy atom. The fourth-order valence-corrected chi connectivity index (χ4v) is 2.38. The van der Waals surface area contributed by atoms with Crippen molar-refractivity contribution >= 4 is 5.91 Å². The van der Waals surface area contributed by atoms with E-state index >= 15 is 0 Å². The summed E-state index contributed by atoms with van der Waals surface area (Å²) in [6.07, 6.45) is 5.53. The van der Waals surface area contributed by atoms with Crippen molar-refractivity contribution in [2.75, 3.05) is 6.54 Å². The molecule has 100 valence electrons. The van der Waals surface area contributed by atoms with Crippen LogP contribution in [0.25, 0.3) is 0 Å². The highest BCUT2D eigenvalue weighted by atomic mass is 16.3. The summed E-state index contributed by atoms with van der Waals surface area (Å²) in [6.45, 7) is 4.43. The number of nitrogens with one attached hydrogen (secondary N) is 1. The minimum Gasteiger partial charge on any atom is -0.388 e. The Balaban J connectivity index is 2.31. The molecule has 0 aromatic heterocycles. The topological polar surface area (TPSA) is 75.4 Å². The van der Waals surface area contributed by atoms with Gasteiger partial charge in [-0.25, -0.2) is 0 Å². The third-order valence-electron chi connectivity index (χ3n) is 3.44. The van der Waals surface area contributed by atoms with Crippen molar-refractivity contribution in [3.63, 3.8) is 0 Å². The van der Waals surface area contributed by atoms with Gasteiger partial charge in [0.25, 0.3) is 0 Å². The van der Waals surface area contributed by atoms with E-state index in [0.29, 0.717) is 18.9 Å². The van der Waals surface area contributed by atoms with Crippen molar-refractivity contribution in [1.29, 1.82) is 0 Å². The number of amides is 1. The van der Waals surface area contributed by atoms with Crippen LogP contribution >= 0.6 is 0 Å². The highest BCUT2D eigenvalue weighted by molar-refractivity contribution is 5.81. The van der Waals surface area contributed by atoms with Gasteiger partial charge in [-0.1, -0.05) is 33.1 Å². The van der Waals surface area contributed by atoms with E-state index in [1.807, 2.05) is 13.8 Å². The highest BCUT2D eigenvalue weighted by Crippen LogP contribution is 2.27. The maximum atomic E-state index is 11.7. The SMILES string of the molecule is CC(C)C[C@@H](N)C(=O)NCC1(O)CCCCC1. The lowest BCUT2D eigenvalue weighted by atomic mass is 9.85. The van der Waals surface area contributed by atoms with Gasteiger partial charge in [-0.15, -0.1) is 0 Å². The average Bonchev–Trinajstić information content (AvgIpc) is 2.26. The molecule has 4 nitrogen and oxygen atoms in total. The maximum absolute atomic E-state index is 11.7. The average molecular weight is 242 g/mol. The van der Waals surface area contributed by atoms with Gasteiger partial charge in [0.15, 0.2) is 0 Å². The Bertz CT molecular complexity index is 248. The molecule has 4 N–H and O–H groups in total. The van der Waals surface area contributed by atoms with E-state index in [0.717, 1.165) is 25.7 Å². The van der Waals surface area contributed by atoms with E-state index < -0.39 is 11.6 Å². The van der Waals surface area contributed by atoms with Crippen molar-refractivity contribution in [3.8, 4) is 0 Å². The van der Waals surface area contributed by atoms with Gasteiger partial charge in [-0.05, 0) is 25.2 Å². The van der Waals surface area contributed by atoms with Crippen LogP contribution < -0.4 is 11.1 Å². The molecule has 1 fully saturated rings. The van der Waals surface area contributed by atoms with Gasteiger partial charge in [0.1, 0.15) is 0 Å². The zero-order chi connectivity index (χ0) is 12.9. The molecule has 0 aromatic rings. The van der Waals surface area contributed by atoms with Crippen molar-refractivity contribution < 1.29 is 9.90 Å². The normalized spacial score (nSPS) is 21.2. The molecule has 17 heavy (non-hydrogen) atoms. The summed E-state index contributed by atoms with van der Waals surface area (Å²) in [5, 5.41) is 13.0. The highest BCUT2D eigenvalue weighted by Gasteiger charge is 2.30. The summed E-state index contributed by atoms with van der Waals surface area (Å²) >= 11 is 0. The van der Waals surface area contributed by atoms with Crippen LogP contribution in [0.5, 0.6) is 0 Å². The first-order valence-corrected chi connectivity index (χ1v) is 6.69. The van der Waals surface area contributed by atoms with Crippen LogP contribution in [0.15, 0.2) is 0 Å². The Morgan fingerprint density at radius 3 is 2.47 bits per heavy atom. The van der Waals surface area contributed by atoms with Gasteiger partial charge in [0.05, 0.1) is 11.6 Å². The summed E-state index contributed by atoms with van der Waals surface area (Å²) in [5.41, 5.74) is 5.08. The Kier molecular flexibility index (Phi) is 5.40. The Hall–Kier alpha value is -0.610. The fraction of sp³-hybridized carbons (Fsp3) is 0.923. The molecule has 1 atom stereocenters. The molecule has 0 bridgehead atoms. The van der Waals surface area contributed by atoms with Crippen LogP contribution in [-0.2, 0) is 4.79 Å². The van der Waals surface area contributed by atoms with Crippen LogP contribution in [0.1, 0.15) is 52.4 Å². The number of rotatable bonds is 5. The van der Waals surface area contributed by atoms with Crippen molar-refractivity contribution in [2.24, 2.45) is 11.7 Å². The van der Waals surface area contributed by atoms with Crippen molar-refractivity contribution in [1.82, 2.24) is 5.32 Å². The first-order valence-electron chi connectivity index (χ1n) is 6.69.